The first-order valence-corrected chi connectivity index (χ1v) is 9.46. The van der Waals surface area contributed by atoms with Crippen molar-refractivity contribution in [2.75, 3.05) is 19.6 Å². The fraction of sp³-hybridized carbons (Fsp3) is 0.650. The van der Waals surface area contributed by atoms with Gasteiger partial charge >= 0.3 is 0 Å². The van der Waals surface area contributed by atoms with Crippen LogP contribution in [-0.2, 0) is 11.2 Å². The Morgan fingerprint density at radius 3 is 2.42 bits per heavy atom. The molecule has 2 aliphatic rings. The molecular weight excluding hydrogens is 300 g/mol. The lowest BCUT2D eigenvalue weighted by Crippen LogP contribution is -2.59. The third kappa shape index (κ3) is 3.98. The summed E-state index contributed by atoms with van der Waals surface area (Å²) in [7, 11) is 0. The minimum atomic E-state index is -0.532. The number of carbonyl (C=O) groups excluding carboxylic acids is 1. The molecule has 1 atom stereocenters. The van der Waals surface area contributed by atoms with Crippen LogP contribution >= 0.6 is 0 Å². The maximum Gasteiger partial charge on any atom is 0.240 e. The first-order chi connectivity index (χ1) is 11.7. The summed E-state index contributed by atoms with van der Waals surface area (Å²) in [6.07, 6.45) is 7.89. The zero-order valence-electron chi connectivity index (χ0n) is 14.5. The van der Waals surface area contributed by atoms with E-state index in [9.17, 15) is 9.90 Å². The van der Waals surface area contributed by atoms with Crippen LogP contribution in [0.2, 0.25) is 0 Å². The molecule has 1 aliphatic carbocycles. The Morgan fingerprint density at radius 1 is 1.08 bits per heavy atom. The van der Waals surface area contributed by atoms with Crippen molar-refractivity contribution in [2.45, 2.75) is 63.0 Å². The number of rotatable bonds is 6. The van der Waals surface area contributed by atoms with E-state index < -0.39 is 6.10 Å². The third-order valence-electron chi connectivity index (χ3n) is 5.63. The van der Waals surface area contributed by atoms with E-state index in [0.717, 1.165) is 44.3 Å². The largest absolute Gasteiger partial charge is 0.391 e. The van der Waals surface area contributed by atoms with Crippen LogP contribution < -0.4 is 5.32 Å². The molecule has 1 unspecified atom stereocenters. The Labute approximate surface area is 145 Å². The van der Waals surface area contributed by atoms with Crippen LogP contribution in [0.15, 0.2) is 30.3 Å². The molecule has 1 saturated carbocycles. The summed E-state index contributed by atoms with van der Waals surface area (Å²) >= 11 is 0. The summed E-state index contributed by atoms with van der Waals surface area (Å²) in [6, 6.07) is 9.95. The Morgan fingerprint density at radius 2 is 1.75 bits per heavy atom. The van der Waals surface area contributed by atoms with E-state index >= 15 is 0 Å². The van der Waals surface area contributed by atoms with Gasteiger partial charge in [-0.1, -0.05) is 49.6 Å². The summed E-state index contributed by atoms with van der Waals surface area (Å²) < 4.78 is 0. The van der Waals surface area contributed by atoms with Crippen molar-refractivity contribution < 1.29 is 9.90 Å². The van der Waals surface area contributed by atoms with Gasteiger partial charge < -0.3 is 10.4 Å². The second kappa shape index (κ2) is 8.13. The number of nitrogens with one attached hydrogen (secondary N) is 1. The van der Waals surface area contributed by atoms with Gasteiger partial charge in [-0.25, -0.2) is 0 Å². The van der Waals surface area contributed by atoms with Crippen LogP contribution in [0.1, 0.15) is 50.5 Å². The molecule has 3 rings (SSSR count). The van der Waals surface area contributed by atoms with E-state index in [0.29, 0.717) is 13.0 Å². The number of aliphatic hydroxyl groups is 1. The summed E-state index contributed by atoms with van der Waals surface area (Å²) in [6.45, 7) is 2.42. The van der Waals surface area contributed by atoms with E-state index in [4.69, 9.17) is 0 Å². The Hall–Kier alpha value is -1.39. The smallest absolute Gasteiger partial charge is 0.240 e. The van der Waals surface area contributed by atoms with Crippen LogP contribution in [0.5, 0.6) is 0 Å². The van der Waals surface area contributed by atoms with Gasteiger partial charge in [-0.2, -0.15) is 0 Å². The SMILES string of the molecule is O=C(NCC(O)Cc1ccccc1)C1(N2CCCC2)CCCCC1. The quantitative estimate of drug-likeness (QED) is 0.843. The van der Waals surface area contributed by atoms with E-state index in [1.54, 1.807) is 0 Å². The summed E-state index contributed by atoms with van der Waals surface area (Å²) in [5.41, 5.74) is 0.785. The summed E-state index contributed by atoms with van der Waals surface area (Å²) in [4.78, 5) is 15.4. The Kier molecular flexibility index (Phi) is 5.90. The number of hydrogen-bond donors (Lipinski definition) is 2. The van der Waals surface area contributed by atoms with Crippen molar-refractivity contribution in [3.8, 4) is 0 Å². The van der Waals surface area contributed by atoms with Crippen molar-refractivity contribution in [2.24, 2.45) is 0 Å². The molecule has 2 fully saturated rings. The van der Waals surface area contributed by atoms with Gasteiger partial charge in [0.05, 0.1) is 6.10 Å². The molecule has 1 amide bonds. The maximum atomic E-state index is 13.0. The molecule has 4 heteroatoms. The molecule has 1 aromatic carbocycles. The molecule has 1 aliphatic heterocycles. The molecule has 4 nitrogen and oxygen atoms in total. The van der Waals surface area contributed by atoms with Crippen molar-refractivity contribution in [1.29, 1.82) is 0 Å². The molecule has 132 valence electrons. The molecule has 0 radical (unpaired) electrons. The third-order valence-corrected chi connectivity index (χ3v) is 5.63. The minimum absolute atomic E-state index is 0.135. The van der Waals surface area contributed by atoms with Crippen LogP contribution in [0, 0.1) is 0 Å². The highest BCUT2D eigenvalue weighted by Crippen LogP contribution is 2.36. The average Bonchev–Trinajstić information content (AvgIpc) is 3.16. The zero-order valence-corrected chi connectivity index (χ0v) is 14.5. The number of nitrogens with zero attached hydrogens (tertiary/aromatic N) is 1. The molecule has 0 spiro atoms. The molecule has 2 N–H and O–H groups in total. The van der Waals surface area contributed by atoms with Gasteiger partial charge in [-0.3, -0.25) is 9.69 Å². The lowest BCUT2D eigenvalue weighted by molar-refractivity contribution is -0.135. The number of carbonyl (C=O) groups is 1. The van der Waals surface area contributed by atoms with Crippen LogP contribution in [0.3, 0.4) is 0 Å². The number of benzene rings is 1. The van der Waals surface area contributed by atoms with Gasteiger partial charge in [0.1, 0.15) is 5.54 Å². The van der Waals surface area contributed by atoms with E-state index in [2.05, 4.69) is 10.2 Å². The Balaban J connectivity index is 1.57. The van der Waals surface area contributed by atoms with E-state index in [-0.39, 0.29) is 11.4 Å². The van der Waals surface area contributed by atoms with Crippen LogP contribution in [0.4, 0.5) is 0 Å². The van der Waals surface area contributed by atoms with Crippen molar-refractivity contribution in [1.82, 2.24) is 10.2 Å². The predicted octanol–water partition coefficient (Wildman–Crippen LogP) is 2.50. The van der Waals surface area contributed by atoms with Gasteiger partial charge in [-0.05, 0) is 44.3 Å². The summed E-state index contributed by atoms with van der Waals surface area (Å²) in [5, 5.41) is 13.3. The molecule has 0 aromatic heterocycles. The maximum absolute atomic E-state index is 13.0. The van der Waals surface area contributed by atoms with Crippen LogP contribution in [0.25, 0.3) is 0 Å². The molecule has 24 heavy (non-hydrogen) atoms. The van der Waals surface area contributed by atoms with E-state index in [1.165, 1.54) is 19.3 Å². The standard InChI is InChI=1S/C20H30N2O2/c23-18(15-17-9-3-1-4-10-17)16-21-19(24)20(11-5-2-6-12-20)22-13-7-8-14-22/h1,3-4,9-10,18,23H,2,5-8,11-16H2,(H,21,24). The molecule has 1 saturated heterocycles. The first kappa shape index (κ1) is 17.4. The molecular formula is C20H30N2O2. The van der Waals surface area contributed by atoms with Crippen molar-refractivity contribution >= 4 is 5.91 Å². The topological polar surface area (TPSA) is 52.6 Å². The molecule has 1 aromatic rings. The fourth-order valence-electron chi connectivity index (χ4n) is 4.30. The predicted molar refractivity (Wildman–Crippen MR) is 95.8 cm³/mol. The highest BCUT2D eigenvalue weighted by Gasteiger charge is 2.45. The minimum Gasteiger partial charge on any atom is -0.391 e. The monoisotopic (exact) mass is 330 g/mol. The van der Waals surface area contributed by atoms with Gasteiger partial charge in [0.2, 0.25) is 5.91 Å². The number of hydrogen-bond acceptors (Lipinski definition) is 3. The Bertz CT molecular complexity index is 520. The van der Waals surface area contributed by atoms with E-state index in [1.807, 2.05) is 30.3 Å². The van der Waals surface area contributed by atoms with Crippen LogP contribution in [-0.4, -0.2) is 47.2 Å². The fourth-order valence-corrected chi connectivity index (χ4v) is 4.30. The normalized spacial score (nSPS) is 22.2. The highest BCUT2D eigenvalue weighted by atomic mass is 16.3. The van der Waals surface area contributed by atoms with Crippen molar-refractivity contribution in [3.63, 3.8) is 0 Å². The van der Waals surface area contributed by atoms with Gasteiger partial charge in [-0.15, -0.1) is 0 Å². The lowest BCUT2D eigenvalue weighted by atomic mass is 9.79. The average molecular weight is 330 g/mol. The number of aliphatic hydroxyl groups excluding tert-OH is 1. The second-order valence-electron chi connectivity index (χ2n) is 7.34. The number of amides is 1. The zero-order chi connectivity index (χ0) is 16.8. The molecule has 1 heterocycles. The lowest BCUT2D eigenvalue weighted by Gasteiger charge is -2.43. The number of likely N-dealkylation sites (tertiary alicyclic amines) is 1. The first-order valence-electron chi connectivity index (χ1n) is 9.46. The molecule has 0 bridgehead atoms. The van der Waals surface area contributed by atoms with Crippen molar-refractivity contribution in [3.05, 3.63) is 35.9 Å². The summed E-state index contributed by atoms with van der Waals surface area (Å²) in [5.74, 6) is 0.135. The van der Waals surface area contributed by atoms with Gasteiger partial charge in [0.25, 0.3) is 0 Å². The second-order valence-corrected chi connectivity index (χ2v) is 7.34. The van der Waals surface area contributed by atoms with Gasteiger partial charge in [0, 0.05) is 13.0 Å². The van der Waals surface area contributed by atoms with Gasteiger partial charge in [0.15, 0.2) is 0 Å². The highest BCUT2D eigenvalue weighted by molar-refractivity contribution is 5.86.